The number of rotatable bonds is 4. The first-order valence-corrected chi connectivity index (χ1v) is 7.92. The van der Waals surface area contributed by atoms with E-state index in [1.807, 2.05) is 12.1 Å². The van der Waals surface area contributed by atoms with Gasteiger partial charge in [-0.3, -0.25) is 4.79 Å². The lowest BCUT2D eigenvalue weighted by Crippen LogP contribution is -2.33. The van der Waals surface area contributed by atoms with E-state index in [1.54, 1.807) is 58.0 Å². The summed E-state index contributed by atoms with van der Waals surface area (Å²) in [5.74, 6) is -0.190. The highest BCUT2D eigenvalue weighted by Gasteiger charge is 2.31. The van der Waals surface area contributed by atoms with Crippen molar-refractivity contribution in [1.82, 2.24) is 19.4 Å². The summed E-state index contributed by atoms with van der Waals surface area (Å²) in [5, 5.41) is 13.4. The van der Waals surface area contributed by atoms with E-state index in [2.05, 4.69) is 20.3 Å². The zero-order chi connectivity index (χ0) is 17.9. The summed E-state index contributed by atoms with van der Waals surface area (Å²) in [5.41, 5.74) is 1.60. The van der Waals surface area contributed by atoms with Gasteiger partial charge < -0.3 is 10.4 Å². The number of aromatic hydroxyl groups is 1. The number of carbonyl (C=O) groups excluding carboxylic acids is 1. The molecule has 128 valence electrons. The Morgan fingerprint density at radius 2 is 1.96 bits per heavy atom. The van der Waals surface area contributed by atoms with Gasteiger partial charge in [-0.2, -0.15) is 8.97 Å². The monoisotopic (exact) mass is 347 g/mol. The van der Waals surface area contributed by atoms with Crippen molar-refractivity contribution in [3.05, 3.63) is 78.8 Å². The molecule has 2 N–H and O–H groups in total. The molecule has 4 aromatic heterocycles. The van der Waals surface area contributed by atoms with Crippen LogP contribution in [0.4, 0.5) is 5.82 Å². The smallest absolute Gasteiger partial charge is 0.337 e. The highest BCUT2D eigenvalue weighted by atomic mass is 16.3. The first-order chi connectivity index (χ1) is 12.7. The van der Waals surface area contributed by atoms with Gasteiger partial charge in [0.05, 0.1) is 6.20 Å². The van der Waals surface area contributed by atoms with E-state index in [0.29, 0.717) is 18.0 Å². The van der Waals surface area contributed by atoms with Gasteiger partial charge in [-0.1, -0.05) is 12.1 Å². The number of pyridine rings is 2. The van der Waals surface area contributed by atoms with Crippen LogP contribution in [-0.2, 0) is 6.54 Å². The molecule has 0 aliphatic carbocycles. The van der Waals surface area contributed by atoms with Crippen LogP contribution in [-0.4, -0.2) is 30.4 Å². The molecule has 26 heavy (non-hydrogen) atoms. The van der Waals surface area contributed by atoms with Crippen LogP contribution >= 0.6 is 0 Å². The lowest BCUT2D eigenvalue weighted by Gasteiger charge is -2.01. The molecule has 0 aliphatic rings. The van der Waals surface area contributed by atoms with Gasteiger partial charge in [0.25, 0.3) is 11.3 Å². The Labute approximate surface area is 148 Å². The minimum absolute atomic E-state index is 0.128. The van der Waals surface area contributed by atoms with E-state index in [0.717, 1.165) is 5.56 Å². The summed E-state index contributed by atoms with van der Waals surface area (Å²) < 4.78 is 3.27. The molecule has 0 unspecified atom stereocenters. The average Bonchev–Trinajstić information content (AvgIpc) is 2.95. The van der Waals surface area contributed by atoms with Crippen LogP contribution in [0.3, 0.4) is 0 Å². The summed E-state index contributed by atoms with van der Waals surface area (Å²) in [6, 6.07) is 10.7. The van der Waals surface area contributed by atoms with Gasteiger partial charge in [-0.15, -0.1) is 0 Å². The molecule has 0 aliphatic heterocycles. The normalized spacial score (nSPS) is 10.8. The molecule has 0 radical (unpaired) electrons. The summed E-state index contributed by atoms with van der Waals surface area (Å²) >= 11 is 0. The van der Waals surface area contributed by atoms with E-state index in [1.165, 1.54) is 6.33 Å². The number of hydrogen-bond acceptors (Lipinski definition) is 5. The zero-order valence-electron chi connectivity index (χ0n) is 13.6. The number of aromatic nitrogens is 5. The molecule has 4 rings (SSSR count). The molecule has 1 amide bonds. The minimum Gasteiger partial charge on any atom is -0.474 e. The van der Waals surface area contributed by atoms with Crippen molar-refractivity contribution in [2.45, 2.75) is 6.54 Å². The van der Waals surface area contributed by atoms with Crippen LogP contribution in [0.15, 0.2) is 67.5 Å². The maximum absolute atomic E-state index is 12.7. The van der Waals surface area contributed by atoms with Crippen LogP contribution in [0.5, 0.6) is 5.88 Å². The number of fused-ring (bicyclic) bond motifs is 1. The molecule has 8 heteroatoms. The van der Waals surface area contributed by atoms with Crippen LogP contribution in [0.25, 0.3) is 5.65 Å². The largest absolute Gasteiger partial charge is 0.474 e. The zero-order valence-corrected chi connectivity index (χ0v) is 13.6. The van der Waals surface area contributed by atoms with Gasteiger partial charge in [0.15, 0.2) is 0 Å². The van der Waals surface area contributed by atoms with E-state index in [-0.39, 0.29) is 11.6 Å². The molecular formula is C18H15N6O2+. The third kappa shape index (κ3) is 2.84. The molecule has 0 atom stereocenters. The maximum Gasteiger partial charge on any atom is 0.337 e. The number of hydrogen-bond donors (Lipinski definition) is 2. The van der Waals surface area contributed by atoms with Crippen LogP contribution in [0.1, 0.15) is 16.1 Å². The van der Waals surface area contributed by atoms with Gasteiger partial charge in [0, 0.05) is 30.2 Å². The van der Waals surface area contributed by atoms with E-state index >= 15 is 0 Å². The quantitative estimate of drug-likeness (QED) is 0.544. The third-order valence-corrected chi connectivity index (χ3v) is 3.90. The molecule has 0 spiro atoms. The fraction of sp³-hybridized carbons (Fsp3) is 0.0556. The maximum atomic E-state index is 12.7. The van der Waals surface area contributed by atoms with Gasteiger partial charge in [0.1, 0.15) is 18.7 Å². The minimum atomic E-state index is -0.453. The van der Waals surface area contributed by atoms with Crippen molar-refractivity contribution in [1.29, 1.82) is 0 Å². The summed E-state index contributed by atoms with van der Waals surface area (Å²) in [6.45, 7) is 0.330. The van der Waals surface area contributed by atoms with Crippen LogP contribution < -0.4 is 9.88 Å². The Kier molecular flexibility index (Phi) is 3.98. The molecule has 0 saturated carbocycles. The number of amides is 1. The van der Waals surface area contributed by atoms with Crippen LogP contribution in [0, 0.1) is 0 Å². The Morgan fingerprint density at radius 3 is 2.73 bits per heavy atom. The van der Waals surface area contributed by atoms with Crippen molar-refractivity contribution in [2.24, 2.45) is 0 Å². The van der Waals surface area contributed by atoms with Gasteiger partial charge in [-0.05, 0) is 18.2 Å². The molecule has 0 saturated heterocycles. The first-order valence-electron chi connectivity index (χ1n) is 7.92. The molecule has 4 heterocycles. The molecule has 4 aromatic rings. The first kappa shape index (κ1) is 15.7. The third-order valence-electron chi connectivity index (χ3n) is 3.90. The fourth-order valence-corrected chi connectivity index (χ4v) is 2.76. The Morgan fingerprint density at radius 1 is 1.15 bits per heavy atom. The molecule has 8 nitrogen and oxygen atoms in total. The van der Waals surface area contributed by atoms with E-state index in [4.69, 9.17) is 0 Å². The molecule has 0 fully saturated rings. The Bertz CT molecular complexity index is 1060. The van der Waals surface area contributed by atoms with Gasteiger partial charge >= 0.3 is 11.8 Å². The van der Waals surface area contributed by atoms with Crippen molar-refractivity contribution in [3.63, 3.8) is 0 Å². The summed E-state index contributed by atoms with van der Waals surface area (Å²) in [7, 11) is 0. The number of carbonyl (C=O) groups is 1. The lowest BCUT2D eigenvalue weighted by atomic mass is 10.3. The van der Waals surface area contributed by atoms with Crippen molar-refractivity contribution >= 4 is 17.4 Å². The Hall–Kier alpha value is -3.81. The number of nitrogens with one attached hydrogen (secondary N) is 1. The summed E-state index contributed by atoms with van der Waals surface area (Å²) in [4.78, 5) is 24.8. The standard InChI is InChI=1S/C18H14N6O2/c25-17(22-14-5-1-3-7-21-14)16-18(26)24(11-13-9-19-12-20-10-13)15-6-2-4-8-23(15)16/h1-10,12H,11H2,(H-,21,22,25,26)/p+1. The molecule has 0 aromatic carbocycles. The second-order valence-electron chi connectivity index (χ2n) is 5.60. The second kappa shape index (κ2) is 6.60. The van der Waals surface area contributed by atoms with Gasteiger partial charge in [0.2, 0.25) is 0 Å². The summed E-state index contributed by atoms with van der Waals surface area (Å²) in [6.07, 6.45) is 8.08. The molecular weight excluding hydrogens is 332 g/mol. The Balaban J connectivity index is 1.78. The number of nitrogens with zero attached hydrogens (tertiary/aromatic N) is 5. The van der Waals surface area contributed by atoms with Crippen molar-refractivity contribution in [3.8, 4) is 5.88 Å². The lowest BCUT2D eigenvalue weighted by molar-refractivity contribution is -0.668. The second-order valence-corrected chi connectivity index (χ2v) is 5.60. The fourth-order valence-electron chi connectivity index (χ4n) is 2.76. The highest BCUT2D eigenvalue weighted by Crippen LogP contribution is 2.19. The number of imidazole rings is 1. The van der Waals surface area contributed by atoms with Gasteiger partial charge in [-0.25, -0.2) is 15.0 Å². The van der Waals surface area contributed by atoms with E-state index < -0.39 is 5.91 Å². The topological polar surface area (TPSA) is 96.3 Å². The van der Waals surface area contributed by atoms with Crippen LogP contribution in [0.2, 0.25) is 0 Å². The average molecular weight is 347 g/mol. The SMILES string of the molecule is O=C(Nc1ccccn1)c1c(O)[n+](Cc2cncnc2)c2ccccn12. The number of anilines is 1. The van der Waals surface area contributed by atoms with E-state index in [9.17, 15) is 9.90 Å². The van der Waals surface area contributed by atoms with Crippen molar-refractivity contribution in [2.75, 3.05) is 5.32 Å². The highest BCUT2D eigenvalue weighted by molar-refractivity contribution is 6.04. The molecule has 0 bridgehead atoms. The predicted molar refractivity (Wildman–Crippen MR) is 92.6 cm³/mol. The predicted octanol–water partition coefficient (Wildman–Crippen LogP) is 1.42. The van der Waals surface area contributed by atoms with Crippen molar-refractivity contribution < 1.29 is 14.5 Å².